The Balaban J connectivity index is 0.000000300. The van der Waals surface area contributed by atoms with E-state index in [4.69, 9.17) is 20.9 Å². The van der Waals surface area contributed by atoms with Crippen molar-refractivity contribution in [3.63, 3.8) is 0 Å². The van der Waals surface area contributed by atoms with Crippen LogP contribution in [-0.4, -0.2) is 93.9 Å². The van der Waals surface area contributed by atoms with E-state index in [1.54, 1.807) is 0 Å². The van der Waals surface area contributed by atoms with Gasteiger partial charge in [-0.3, -0.25) is 0 Å². The molecule has 0 aromatic rings. The molecule has 30 heavy (non-hydrogen) atoms. The number of β-amino-alcohol motifs (C(OH)–C–C–N with tert-alkyl or cyclic N) is 2. The first kappa shape index (κ1) is 26.4. The Morgan fingerprint density at radius 3 is 1.27 bits per heavy atom. The monoisotopic (exact) mass is 432 g/mol. The van der Waals surface area contributed by atoms with Crippen LogP contribution in [0.4, 0.5) is 9.59 Å². The van der Waals surface area contributed by atoms with Crippen molar-refractivity contribution in [2.75, 3.05) is 26.2 Å². The Kier molecular flexibility index (Phi) is 9.34. The number of carbonyl (C=O) groups is 2. The summed E-state index contributed by atoms with van der Waals surface area (Å²) in [4.78, 5) is 26.2. The molecule has 176 valence electrons. The van der Waals surface area contributed by atoms with E-state index >= 15 is 0 Å². The molecule has 0 unspecified atom stereocenters. The fourth-order valence-electron chi connectivity index (χ4n) is 3.17. The molecular weight excluding hydrogens is 392 g/mol. The molecular formula is C20H40N4O6. The number of amides is 2. The van der Waals surface area contributed by atoms with Crippen LogP contribution in [0.1, 0.15) is 54.4 Å². The van der Waals surface area contributed by atoms with Crippen LogP contribution in [0.2, 0.25) is 0 Å². The first-order valence-corrected chi connectivity index (χ1v) is 10.4. The van der Waals surface area contributed by atoms with Crippen LogP contribution in [0.25, 0.3) is 0 Å². The fraction of sp³-hybridized carbons (Fsp3) is 0.900. The minimum atomic E-state index is -0.540. The molecule has 2 aliphatic heterocycles. The number of aliphatic hydroxyl groups is 2. The Morgan fingerprint density at radius 2 is 1.03 bits per heavy atom. The Morgan fingerprint density at radius 1 is 0.733 bits per heavy atom. The van der Waals surface area contributed by atoms with Gasteiger partial charge >= 0.3 is 12.2 Å². The van der Waals surface area contributed by atoms with Crippen molar-refractivity contribution < 1.29 is 29.3 Å². The largest absolute Gasteiger partial charge is 0.444 e. The second kappa shape index (κ2) is 10.6. The molecule has 0 bridgehead atoms. The maximum Gasteiger partial charge on any atom is 0.410 e. The zero-order chi connectivity index (χ0) is 23.3. The fourth-order valence-corrected chi connectivity index (χ4v) is 3.17. The van der Waals surface area contributed by atoms with Crippen LogP contribution in [0, 0.1) is 0 Å². The number of hydrogen-bond acceptors (Lipinski definition) is 8. The third kappa shape index (κ3) is 10.4. The maximum atomic E-state index is 11.6. The van der Waals surface area contributed by atoms with Crippen LogP contribution < -0.4 is 11.5 Å². The molecule has 10 nitrogen and oxygen atoms in total. The quantitative estimate of drug-likeness (QED) is 0.435. The van der Waals surface area contributed by atoms with Crippen molar-refractivity contribution in [2.24, 2.45) is 11.5 Å². The predicted molar refractivity (Wildman–Crippen MR) is 113 cm³/mol. The highest BCUT2D eigenvalue weighted by Gasteiger charge is 2.31. The van der Waals surface area contributed by atoms with Gasteiger partial charge in [0.15, 0.2) is 0 Å². The minimum Gasteiger partial charge on any atom is -0.444 e. The highest BCUT2D eigenvalue weighted by atomic mass is 16.6. The average Bonchev–Trinajstić information content (AvgIpc) is 2.50. The second-order valence-corrected chi connectivity index (χ2v) is 10.1. The van der Waals surface area contributed by atoms with Gasteiger partial charge in [-0.05, 0) is 54.4 Å². The van der Waals surface area contributed by atoms with Gasteiger partial charge in [0.1, 0.15) is 11.2 Å². The Hall–Kier alpha value is -1.62. The SMILES string of the molecule is CC(C)(C)OC(=O)N1C[C@@H](N)C[C@H](O)C1.CC(C)(C)OC(=O)N1C[C@H](N)C[C@@H](O)C1. The number of carbonyl (C=O) groups excluding carboxylic acids is 2. The number of rotatable bonds is 0. The van der Waals surface area contributed by atoms with Gasteiger partial charge in [-0.1, -0.05) is 0 Å². The topological polar surface area (TPSA) is 152 Å². The highest BCUT2D eigenvalue weighted by Crippen LogP contribution is 2.16. The zero-order valence-corrected chi connectivity index (χ0v) is 19.1. The molecule has 0 spiro atoms. The molecule has 2 rings (SSSR count). The molecule has 0 radical (unpaired) electrons. The van der Waals surface area contributed by atoms with Crippen LogP contribution in [0.5, 0.6) is 0 Å². The molecule has 2 saturated heterocycles. The molecule has 2 aliphatic rings. The van der Waals surface area contributed by atoms with Gasteiger partial charge in [-0.15, -0.1) is 0 Å². The number of ether oxygens (including phenoxy) is 2. The molecule has 6 N–H and O–H groups in total. The van der Waals surface area contributed by atoms with Crippen molar-refractivity contribution in [1.29, 1.82) is 0 Å². The summed E-state index contributed by atoms with van der Waals surface area (Å²) in [5.74, 6) is 0. The van der Waals surface area contributed by atoms with E-state index in [-0.39, 0.29) is 12.1 Å². The lowest BCUT2D eigenvalue weighted by Gasteiger charge is -2.35. The van der Waals surface area contributed by atoms with E-state index in [9.17, 15) is 19.8 Å². The number of hydrogen-bond donors (Lipinski definition) is 4. The van der Waals surface area contributed by atoms with Crippen molar-refractivity contribution in [1.82, 2.24) is 9.80 Å². The molecule has 2 heterocycles. The summed E-state index contributed by atoms with van der Waals surface area (Å²) >= 11 is 0. The van der Waals surface area contributed by atoms with Crippen molar-refractivity contribution >= 4 is 12.2 Å². The van der Waals surface area contributed by atoms with Gasteiger partial charge in [0.25, 0.3) is 0 Å². The molecule has 2 fully saturated rings. The summed E-state index contributed by atoms with van der Waals surface area (Å²) in [7, 11) is 0. The molecule has 0 aromatic heterocycles. The molecule has 0 aromatic carbocycles. The number of likely N-dealkylation sites (tertiary alicyclic amines) is 2. The zero-order valence-electron chi connectivity index (χ0n) is 19.1. The lowest BCUT2D eigenvalue weighted by Crippen LogP contribution is -2.52. The summed E-state index contributed by atoms with van der Waals surface area (Å²) in [6, 6.07) is -0.331. The summed E-state index contributed by atoms with van der Waals surface area (Å²) in [6.07, 6.45) is -0.811. The lowest BCUT2D eigenvalue weighted by molar-refractivity contribution is 0.000109. The molecule has 0 aliphatic carbocycles. The van der Waals surface area contributed by atoms with Gasteiger partial charge in [0, 0.05) is 25.2 Å². The Bertz CT molecular complexity index is 505. The van der Waals surface area contributed by atoms with E-state index in [0.717, 1.165) is 0 Å². The predicted octanol–water partition coefficient (Wildman–Crippen LogP) is 0.631. The van der Waals surface area contributed by atoms with E-state index < -0.39 is 35.6 Å². The van der Waals surface area contributed by atoms with E-state index in [1.165, 1.54) is 9.80 Å². The second-order valence-electron chi connectivity index (χ2n) is 10.1. The van der Waals surface area contributed by atoms with Crippen molar-refractivity contribution in [3.05, 3.63) is 0 Å². The van der Waals surface area contributed by atoms with Gasteiger partial charge < -0.3 is 41.0 Å². The van der Waals surface area contributed by atoms with Crippen molar-refractivity contribution in [3.8, 4) is 0 Å². The van der Waals surface area contributed by atoms with E-state index in [1.807, 2.05) is 41.5 Å². The summed E-state index contributed by atoms with van der Waals surface area (Å²) in [5, 5.41) is 18.9. The Labute approximate surface area is 179 Å². The number of nitrogens with zero attached hydrogens (tertiary/aromatic N) is 2. The molecule has 4 atom stereocenters. The van der Waals surface area contributed by atoms with Gasteiger partial charge in [0.2, 0.25) is 0 Å². The average molecular weight is 433 g/mol. The normalized spacial score (nSPS) is 27.7. The van der Waals surface area contributed by atoms with Crippen LogP contribution in [0.15, 0.2) is 0 Å². The number of piperidine rings is 2. The molecule has 2 amide bonds. The van der Waals surface area contributed by atoms with E-state index in [0.29, 0.717) is 39.0 Å². The minimum absolute atomic E-state index is 0.165. The van der Waals surface area contributed by atoms with Crippen LogP contribution in [0.3, 0.4) is 0 Å². The standard InChI is InChI=1S/2C10H20N2O3/c2*1-10(2,3)15-9(14)12-5-7(11)4-8(13)6-12/h2*7-8,13H,4-6,11H2,1-3H3/t2*7-,8-/m10/s1. The maximum absolute atomic E-state index is 11.6. The van der Waals surface area contributed by atoms with Gasteiger partial charge in [-0.2, -0.15) is 0 Å². The third-order valence-corrected chi connectivity index (χ3v) is 4.23. The van der Waals surface area contributed by atoms with Crippen LogP contribution >= 0.6 is 0 Å². The lowest BCUT2D eigenvalue weighted by atomic mass is 10.0. The molecule has 0 saturated carbocycles. The first-order valence-electron chi connectivity index (χ1n) is 10.4. The van der Waals surface area contributed by atoms with Crippen molar-refractivity contribution in [2.45, 2.75) is 89.9 Å². The third-order valence-electron chi connectivity index (χ3n) is 4.23. The number of nitrogens with two attached hydrogens (primary N) is 2. The summed E-state index contributed by atoms with van der Waals surface area (Å²) < 4.78 is 10.4. The van der Waals surface area contributed by atoms with Gasteiger partial charge in [-0.25, -0.2) is 9.59 Å². The highest BCUT2D eigenvalue weighted by molar-refractivity contribution is 5.68. The smallest absolute Gasteiger partial charge is 0.410 e. The molecule has 10 heteroatoms. The first-order chi connectivity index (χ1) is 13.6. The van der Waals surface area contributed by atoms with E-state index in [2.05, 4.69) is 0 Å². The summed E-state index contributed by atoms with van der Waals surface area (Å²) in [6.45, 7) is 12.4. The summed E-state index contributed by atoms with van der Waals surface area (Å²) in [5.41, 5.74) is 10.4. The van der Waals surface area contributed by atoms with Gasteiger partial charge in [0.05, 0.1) is 25.3 Å². The number of aliphatic hydroxyl groups excluding tert-OH is 2. The van der Waals surface area contributed by atoms with Crippen LogP contribution in [-0.2, 0) is 9.47 Å².